The molecule has 6 heteroatoms. The van der Waals surface area contributed by atoms with Crippen molar-refractivity contribution in [3.63, 3.8) is 0 Å². The number of piperidine rings is 1. The summed E-state index contributed by atoms with van der Waals surface area (Å²) in [5.74, 6) is 0.644. The highest BCUT2D eigenvalue weighted by molar-refractivity contribution is 5.84. The van der Waals surface area contributed by atoms with Crippen LogP contribution in [-0.2, 0) is 9.59 Å². The lowest BCUT2D eigenvalue weighted by molar-refractivity contribution is -0.141. The van der Waals surface area contributed by atoms with Crippen LogP contribution in [0.15, 0.2) is 24.3 Å². The van der Waals surface area contributed by atoms with Gasteiger partial charge in [-0.15, -0.1) is 0 Å². The van der Waals surface area contributed by atoms with E-state index in [1.165, 1.54) is 0 Å². The maximum Gasteiger partial charge on any atom is 0.225 e. The molecule has 1 saturated heterocycles. The molecule has 1 N–H and O–H groups in total. The molecule has 25 heavy (non-hydrogen) atoms. The molecule has 0 spiro atoms. The van der Waals surface area contributed by atoms with E-state index in [1.807, 2.05) is 38.4 Å². The summed E-state index contributed by atoms with van der Waals surface area (Å²) in [6, 6.07) is 7.37. The number of likely N-dealkylation sites (tertiary alicyclic amines) is 1. The van der Waals surface area contributed by atoms with Crippen LogP contribution < -0.4 is 10.1 Å². The van der Waals surface area contributed by atoms with Crippen LogP contribution in [0.4, 0.5) is 0 Å². The molecule has 1 fully saturated rings. The van der Waals surface area contributed by atoms with E-state index >= 15 is 0 Å². The normalized spacial score (nSPS) is 20.7. The van der Waals surface area contributed by atoms with Crippen molar-refractivity contribution in [2.75, 3.05) is 41.3 Å². The lowest BCUT2D eigenvalue weighted by Gasteiger charge is -2.38. The number of methoxy groups -OCH3 is 1. The number of amides is 2. The van der Waals surface area contributed by atoms with Gasteiger partial charge in [0.25, 0.3) is 0 Å². The van der Waals surface area contributed by atoms with Crippen LogP contribution in [0, 0.1) is 5.92 Å². The zero-order chi connectivity index (χ0) is 18.4. The second-order valence-electron chi connectivity index (χ2n) is 6.82. The fourth-order valence-corrected chi connectivity index (χ4v) is 3.31. The minimum Gasteiger partial charge on any atom is -0.497 e. The molecule has 1 aliphatic rings. The monoisotopic (exact) mass is 347 g/mol. The molecule has 2 amide bonds. The Morgan fingerprint density at radius 1 is 1.32 bits per heavy atom. The van der Waals surface area contributed by atoms with Crippen LogP contribution in [0.5, 0.6) is 5.75 Å². The van der Waals surface area contributed by atoms with Gasteiger partial charge in [0.2, 0.25) is 11.8 Å². The smallest absolute Gasteiger partial charge is 0.225 e. The number of carbonyl (C=O) groups excluding carboxylic acids is 2. The van der Waals surface area contributed by atoms with Crippen molar-refractivity contribution in [1.82, 2.24) is 15.1 Å². The molecular weight excluding hydrogens is 318 g/mol. The van der Waals surface area contributed by atoms with Crippen molar-refractivity contribution in [2.45, 2.75) is 25.3 Å². The first-order chi connectivity index (χ1) is 11.9. The molecule has 0 bridgehead atoms. The zero-order valence-electron chi connectivity index (χ0n) is 15.6. The van der Waals surface area contributed by atoms with Crippen LogP contribution in [-0.4, -0.2) is 63.0 Å². The zero-order valence-corrected chi connectivity index (χ0v) is 15.6. The number of ether oxygens (including phenoxy) is 1. The van der Waals surface area contributed by atoms with Gasteiger partial charge in [0.15, 0.2) is 0 Å². The van der Waals surface area contributed by atoms with Crippen molar-refractivity contribution in [2.24, 2.45) is 5.92 Å². The molecule has 1 aromatic carbocycles. The Hall–Kier alpha value is -2.08. The number of rotatable bonds is 7. The first-order valence-electron chi connectivity index (χ1n) is 8.76. The molecule has 1 aliphatic heterocycles. The van der Waals surface area contributed by atoms with Crippen LogP contribution in [0.3, 0.4) is 0 Å². The predicted octanol–water partition coefficient (Wildman–Crippen LogP) is 1.67. The minimum absolute atomic E-state index is 0.0268. The average Bonchev–Trinajstić information content (AvgIpc) is 2.60. The molecule has 138 valence electrons. The van der Waals surface area contributed by atoms with Gasteiger partial charge in [-0.2, -0.15) is 0 Å². The van der Waals surface area contributed by atoms with Crippen LogP contribution >= 0.6 is 0 Å². The van der Waals surface area contributed by atoms with E-state index < -0.39 is 0 Å². The summed E-state index contributed by atoms with van der Waals surface area (Å²) in [5.41, 5.74) is 0.963. The highest BCUT2D eigenvalue weighted by atomic mass is 16.5. The van der Waals surface area contributed by atoms with Gasteiger partial charge in [0, 0.05) is 20.0 Å². The highest BCUT2D eigenvalue weighted by Crippen LogP contribution is 2.36. The lowest BCUT2D eigenvalue weighted by Crippen LogP contribution is -2.46. The van der Waals surface area contributed by atoms with Gasteiger partial charge in [-0.25, -0.2) is 0 Å². The number of hydrogen-bond acceptors (Lipinski definition) is 4. The van der Waals surface area contributed by atoms with E-state index in [4.69, 9.17) is 4.74 Å². The maximum absolute atomic E-state index is 12.7. The van der Waals surface area contributed by atoms with E-state index in [2.05, 4.69) is 10.2 Å². The molecule has 0 radical (unpaired) electrons. The fourth-order valence-electron chi connectivity index (χ4n) is 3.31. The number of benzene rings is 1. The Morgan fingerprint density at radius 2 is 2.00 bits per heavy atom. The molecule has 1 heterocycles. The molecule has 0 aromatic heterocycles. The van der Waals surface area contributed by atoms with Crippen molar-refractivity contribution in [1.29, 1.82) is 0 Å². The summed E-state index contributed by atoms with van der Waals surface area (Å²) in [6.45, 7) is 1.59. The van der Waals surface area contributed by atoms with Crippen LogP contribution in [0.25, 0.3) is 0 Å². The molecule has 2 atom stereocenters. The quantitative estimate of drug-likeness (QED) is 0.762. The predicted molar refractivity (Wildman–Crippen MR) is 97.4 cm³/mol. The summed E-state index contributed by atoms with van der Waals surface area (Å²) in [7, 11) is 7.43. The molecule has 0 saturated carbocycles. The van der Waals surface area contributed by atoms with E-state index in [-0.39, 0.29) is 23.8 Å². The van der Waals surface area contributed by atoms with Crippen molar-refractivity contribution >= 4 is 11.8 Å². The molecule has 1 aromatic rings. The first-order valence-corrected chi connectivity index (χ1v) is 8.76. The minimum atomic E-state index is -0.235. The third-order valence-corrected chi connectivity index (χ3v) is 4.74. The summed E-state index contributed by atoms with van der Waals surface area (Å²) in [6.07, 6.45) is 1.91. The molecule has 0 unspecified atom stereocenters. The van der Waals surface area contributed by atoms with Gasteiger partial charge in [0.05, 0.1) is 19.1 Å². The van der Waals surface area contributed by atoms with E-state index in [1.54, 1.807) is 19.1 Å². The van der Waals surface area contributed by atoms with Crippen molar-refractivity contribution in [3.05, 3.63) is 29.8 Å². The molecule has 0 aliphatic carbocycles. The largest absolute Gasteiger partial charge is 0.497 e. The number of nitrogens with zero attached hydrogens (tertiary/aromatic N) is 2. The van der Waals surface area contributed by atoms with Gasteiger partial charge in [-0.1, -0.05) is 12.1 Å². The number of nitrogens with one attached hydrogen (secondary N) is 1. The summed E-state index contributed by atoms with van der Waals surface area (Å²) < 4.78 is 5.20. The third-order valence-electron chi connectivity index (χ3n) is 4.74. The van der Waals surface area contributed by atoms with Crippen LogP contribution in [0.2, 0.25) is 0 Å². The Balaban J connectivity index is 2.10. The Kier molecular flexibility index (Phi) is 6.82. The standard InChI is InChI=1S/C19H29N3O3/c1-21(2)13-5-12-20-19(24)16-10-11-17(23)22(3)18(16)14-6-8-15(25-4)9-7-14/h6-9,16,18H,5,10-13H2,1-4H3,(H,20,24)/t16-,18-/m0/s1. The average molecular weight is 347 g/mol. The second-order valence-corrected chi connectivity index (χ2v) is 6.82. The maximum atomic E-state index is 12.7. The Bertz CT molecular complexity index is 586. The highest BCUT2D eigenvalue weighted by Gasteiger charge is 2.38. The number of carbonyl (C=O) groups is 2. The van der Waals surface area contributed by atoms with E-state index in [0.29, 0.717) is 19.4 Å². The number of hydrogen-bond donors (Lipinski definition) is 1. The van der Waals surface area contributed by atoms with Crippen molar-refractivity contribution < 1.29 is 14.3 Å². The molecular formula is C19H29N3O3. The SMILES string of the molecule is COc1ccc([C@H]2[C@@H](C(=O)NCCCN(C)C)CCC(=O)N2C)cc1. The topological polar surface area (TPSA) is 61.9 Å². The second kappa shape index (κ2) is 8.85. The van der Waals surface area contributed by atoms with E-state index in [0.717, 1.165) is 24.3 Å². The summed E-state index contributed by atoms with van der Waals surface area (Å²) >= 11 is 0. The first kappa shape index (κ1) is 19.2. The third kappa shape index (κ3) is 4.95. The summed E-state index contributed by atoms with van der Waals surface area (Å²) in [5, 5.41) is 3.04. The molecule has 6 nitrogen and oxygen atoms in total. The Labute approximate surface area is 150 Å². The molecule has 2 rings (SSSR count). The van der Waals surface area contributed by atoms with Gasteiger partial charge >= 0.3 is 0 Å². The van der Waals surface area contributed by atoms with Gasteiger partial charge in [-0.05, 0) is 51.2 Å². The fraction of sp³-hybridized carbons (Fsp3) is 0.579. The van der Waals surface area contributed by atoms with Crippen molar-refractivity contribution in [3.8, 4) is 5.75 Å². The van der Waals surface area contributed by atoms with Gasteiger partial charge < -0.3 is 19.9 Å². The van der Waals surface area contributed by atoms with Crippen LogP contribution in [0.1, 0.15) is 30.9 Å². The van der Waals surface area contributed by atoms with E-state index in [9.17, 15) is 9.59 Å². The summed E-state index contributed by atoms with van der Waals surface area (Å²) in [4.78, 5) is 28.7. The van der Waals surface area contributed by atoms with Gasteiger partial charge in [-0.3, -0.25) is 9.59 Å². The van der Waals surface area contributed by atoms with Gasteiger partial charge in [0.1, 0.15) is 5.75 Å². The lowest BCUT2D eigenvalue weighted by atomic mass is 9.84. The Morgan fingerprint density at radius 3 is 2.60 bits per heavy atom.